The topological polar surface area (TPSA) is 52.3 Å². The second kappa shape index (κ2) is 8.52. The summed E-state index contributed by atoms with van der Waals surface area (Å²) in [6.07, 6.45) is 1.75. The number of nitrogens with two attached hydrogens (primary N) is 1. The van der Waals surface area contributed by atoms with Gasteiger partial charge in [0.25, 0.3) is 0 Å². The molecule has 0 amide bonds. The van der Waals surface area contributed by atoms with E-state index in [0.29, 0.717) is 17.7 Å². The number of carbonyl (C=O) groups excluding carboxylic acids is 1. The zero-order valence-corrected chi connectivity index (χ0v) is 14.3. The van der Waals surface area contributed by atoms with Crippen LogP contribution in [-0.4, -0.2) is 12.4 Å². The molecule has 0 heterocycles. The lowest BCUT2D eigenvalue weighted by molar-refractivity contribution is 0.103. The van der Waals surface area contributed by atoms with Crippen LogP contribution in [0, 0.1) is 5.82 Å². The summed E-state index contributed by atoms with van der Waals surface area (Å²) in [5, 5.41) is 0. The van der Waals surface area contributed by atoms with E-state index in [-0.39, 0.29) is 5.78 Å². The highest BCUT2D eigenvalue weighted by molar-refractivity contribution is 6.09. The molecule has 0 aliphatic carbocycles. The second-order valence-corrected chi connectivity index (χ2v) is 6.09. The summed E-state index contributed by atoms with van der Waals surface area (Å²) in [4.78, 5) is 17.1. The van der Waals surface area contributed by atoms with E-state index in [1.165, 1.54) is 23.8 Å². The Bertz CT molecular complexity index is 891. The van der Waals surface area contributed by atoms with Crippen LogP contribution < -0.4 is 5.90 Å². The molecule has 0 aliphatic heterocycles. The first kappa shape index (κ1) is 18.0. The molecule has 0 saturated carbocycles. The van der Waals surface area contributed by atoms with Crippen molar-refractivity contribution in [1.82, 2.24) is 0 Å². The third-order valence-electron chi connectivity index (χ3n) is 4.22. The molecule has 132 valence electrons. The number of benzene rings is 3. The molecule has 3 rings (SSSR count). The van der Waals surface area contributed by atoms with Crippen LogP contribution in [0.3, 0.4) is 0 Å². The van der Waals surface area contributed by atoms with Crippen LogP contribution in [0.25, 0.3) is 11.1 Å². The van der Waals surface area contributed by atoms with Gasteiger partial charge in [-0.1, -0.05) is 60.7 Å². The summed E-state index contributed by atoms with van der Waals surface area (Å²) in [6.45, 7) is 0.529. The van der Waals surface area contributed by atoms with Crippen molar-refractivity contribution in [1.29, 1.82) is 0 Å². The van der Waals surface area contributed by atoms with E-state index in [9.17, 15) is 9.18 Å². The van der Waals surface area contributed by atoms with Crippen molar-refractivity contribution in [2.75, 3.05) is 6.61 Å². The first-order chi connectivity index (χ1) is 12.7. The highest BCUT2D eigenvalue weighted by atomic mass is 19.1. The van der Waals surface area contributed by atoms with Crippen LogP contribution in [-0.2, 0) is 11.3 Å². The molecule has 0 bridgehead atoms. The summed E-state index contributed by atoms with van der Waals surface area (Å²) in [7, 11) is 0. The summed E-state index contributed by atoms with van der Waals surface area (Å²) < 4.78 is 13.3. The van der Waals surface area contributed by atoms with Crippen LogP contribution in [0.4, 0.5) is 4.39 Å². The molecule has 0 spiro atoms. The van der Waals surface area contributed by atoms with Gasteiger partial charge in [-0.3, -0.25) is 4.79 Å². The van der Waals surface area contributed by atoms with Crippen molar-refractivity contribution in [3.63, 3.8) is 0 Å². The van der Waals surface area contributed by atoms with E-state index in [4.69, 9.17) is 5.90 Å². The Kier molecular flexibility index (Phi) is 5.89. The van der Waals surface area contributed by atoms with Gasteiger partial charge in [-0.25, -0.2) is 10.3 Å². The molecule has 3 aromatic carbocycles. The van der Waals surface area contributed by atoms with Gasteiger partial charge >= 0.3 is 0 Å². The zero-order chi connectivity index (χ0) is 18.4. The normalized spacial score (nSPS) is 10.7. The second-order valence-electron chi connectivity index (χ2n) is 6.09. The van der Waals surface area contributed by atoms with Crippen LogP contribution >= 0.6 is 0 Å². The van der Waals surface area contributed by atoms with E-state index in [1.54, 1.807) is 18.2 Å². The SMILES string of the molecule is NOCCCc1cccc(-c2ccc(C(=O)c3cccc(F)c3)cc2)c1. The molecule has 3 nitrogen and oxygen atoms in total. The van der Waals surface area contributed by atoms with Crippen molar-refractivity contribution in [3.8, 4) is 11.1 Å². The van der Waals surface area contributed by atoms with Crippen molar-refractivity contribution in [2.45, 2.75) is 12.8 Å². The largest absolute Gasteiger partial charge is 0.305 e. The minimum absolute atomic E-state index is 0.188. The van der Waals surface area contributed by atoms with E-state index in [0.717, 1.165) is 24.0 Å². The highest BCUT2D eigenvalue weighted by Gasteiger charge is 2.10. The number of hydrogen-bond acceptors (Lipinski definition) is 3. The Morgan fingerprint density at radius 2 is 1.65 bits per heavy atom. The van der Waals surface area contributed by atoms with Gasteiger partial charge in [-0.15, -0.1) is 0 Å². The smallest absolute Gasteiger partial charge is 0.193 e. The van der Waals surface area contributed by atoms with E-state index >= 15 is 0 Å². The molecule has 0 aliphatic rings. The average molecular weight is 349 g/mol. The number of halogens is 1. The third kappa shape index (κ3) is 4.42. The standard InChI is InChI=1S/C22H20FNO2/c23-21-8-2-7-20(15-21)22(25)18-11-9-17(10-12-18)19-6-1-4-16(14-19)5-3-13-26-24/h1-2,4,6-12,14-15H,3,5,13,24H2. The Balaban J connectivity index is 1.77. The maximum absolute atomic E-state index is 13.3. The van der Waals surface area contributed by atoms with Crippen molar-refractivity contribution >= 4 is 5.78 Å². The summed E-state index contributed by atoms with van der Waals surface area (Å²) >= 11 is 0. The van der Waals surface area contributed by atoms with Gasteiger partial charge in [0.05, 0.1) is 6.61 Å². The number of hydrogen-bond donors (Lipinski definition) is 1. The molecule has 3 aromatic rings. The molecule has 0 radical (unpaired) electrons. The van der Waals surface area contributed by atoms with Gasteiger partial charge < -0.3 is 4.84 Å². The lowest BCUT2D eigenvalue weighted by atomic mass is 9.97. The van der Waals surface area contributed by atoms with E-state index in [2.05, 4.69) is 17.0 Å². The first-order valence-electron chi connectivity index (χ1n) is 8.49. The molecule has 0 fully saturated rings. The van der Waals surface area contributed by atoms with Crippen LogP contribution in [0.5, 0.6) is 0 Å². The summed E-state index contributed by atoms with van der Waals surface area (Å²) in [6, 6.07) is 21.4. The first-order valence-corrected chi connectivity index (χ1v) is 8.49. The van der Waals surface area contributed by atoms with Crippen molar-refractivity contribution in [2.24, 2.45) is 5.90 Å². The quantitative estimate of drug-likeness (QED) is 0.387. The predicted octanol–water partition coefficient (Wildman–Crippen LogP) is 4.55. The Hall–Kier alpha value is -2.82. The summed E-state index contributed by atoms with van der Waals surface area (Å²) in [5.41, 5.74) is 4.20. The molecule has 26 heavy (non-hydrogen) atoms. The number of aryl methyl sites for hydroxylation is 1. The van der Waals surface area contributed by atoms with Crippen LogP contribution in [0.2, 0.25) is 0 Å². The van der Waals surface area contributed by atoms with Gasteiger partial charge in [0.15, 0.2) is 5.78 Å². The third-order valence-corrected chi connectivity index (χ3v) is 4.22. The molecule has 4 heteroatoms. The lowest BCUT2D eigenvalue weighted by Gasteiger charge is -2.07. The molecule has 2 N–H and O–H groups in total. The minimum Gasteiger partial charge on any atom is -0.305 e. The van der Waals surface area contributed by atoms with Gasteiger partial charge in [-0.05, 0) is 41.7 Å². The van der Waals surface area contributed by atoms with Crippen LogP contribution in [0.1, 0.15) is 27.9 Å². The van der Waals surface area contributed by atoms with Crippen LogP contribution in [0.15, 0.2) is 72.8 Å². The fourth-order valence-corrected chi connectivity index (χ4v) is 2.88. The zero-order valence-electron chi connectivity index (χ0n) is 14.3. The maximum atomic E-state index is 13.3. The van der Waals surface area contributed by atoms with Crippen molar-refractivity contribution in [3.05, 3.63) is 95.3 Å². The minimum atomic E-state index is -0.413. The Morgan fingerprint density at radius 1 is 0.885 bits per heavy atom. The predicted molar refractivity (Wildman–Crippen MR) is 100 cm³/mol. The molecule has 0 saturated heterocycles. The van der Waals surface area contributed by atoms with Gasteiger partial charge in [0.1, 0.15) is 5.82 Å². The summed E-state index contributed by atoms with van der Waals surface area (Å²) in [5.74, 6) is 4.45. The van der Waals surface area contributed by atoms with Crippen molar-refractivity contribution < 1.29 is 14.0 Å². The molecule has 0 unspecified atom stereocenters. The molecule has 0 atom stereocenters. The number of carbonyl (C=O) groups is 1. The van der Waals surface area contributed by atoms with Gasteiger partial charge in [-0.2, -0.15) is 0 Å². The van der Waals surface area contributed by atoms with Gasteiger partial charge in [0, 0.05) is 11.1 Å². The van der Waals surface area contributed by atoms with E-state index in [1.807, 2.05) is 24.3 Å². The Labute approximate surface area is 152 Å². The average Bonchev–Trinajstić information content (AvgIpc) is 2.68. The Morgan fingerprint density at radius 3 is 2.38 bits per heavy atom. The van der Waals surface area contributed by atoms with E-state index < -0.39 is 5.82 Å². The monoisotopic (exact) mass is 349 g/mol. The number of rotatable bonds is 7. The highest BCUT2D eigenvalue weighted by Crippen LogP contribution is 2.22. The molecular weight excluding hydrogens is 329 g/mol. The molecule has 0 aromatic heterocycles. The fourth-order valence-electron chi connectivity index (χ4n) is 2.88. The molecular formula is C22H20FNO2. The van der Waals surface area contributed by atoms with Gasteiger partial charge in [0.2, 0.25) is 0 Å². The maximum Gasteiger partial charge on any atom is 0.193 e. The fraction of sp³-hybridized carbons (Fsp3) is 0.136. The number of ketones is 1. The lowest BCUT2D eigenvalue weighted by Crippen LogP contribution is -2.02.